The van der Waals surface area contributed by atoms with Crippen LogP contribution in [0.2, 0.25) is 0 Å². The summed E-state index contributed by atoms with van der Waals surface area (Å²) >= 11 is 0. The van der Waals surface area contributed by atoms with Crippen LogP contribution in [0.4, 0.5) is 0 Å². The van der Waals surface area contributed by atoms with Gasteiger partial charge in [-0.3, -0.25) is 4.79 Å². The first-order valence-corrected chi connectivity index (χ1v) is 7.94. The quantitative estimate of drug-likeness (QED) is 0.729. The van der Waals surface area contributed by atoms with Gasteiger partial charge in [0.25, 0.3) is 0 Å². The molecule has 3 unspecified atom stereocenters. The molecule has 0 aromatic heterocycles. The Balaban J connectivity index is 2.66. The van der Waals surface area contributed by atoms with Gasteiger partial charge in [0.1, 0.15) is 5.54 Å². The van der Waals surface area contributed by atoms with Crippen LogP contribution in [0.15, 0.2) is 0 Å². The lowest BCUT2D eigenvalue weighted by atomic mass is 9.97. The first-order valence-electron chi connectivity index (χ1n) is 7.94. The lowest BCUT2D eigenvalue weighted by Crippen LogP contribution is -2.51. The summed E-state index contributed by atoms with van der Waals surface area (Å²) in [6.45, 7) is 9.12. The largest absolute Gasteiger partial charge is 0.465 e. The molecule has 20 heavy (non-hydrogen) atoms. The number of hydrogen-bond acceptors (Lipinski definition) is 4. The highest BCUT2D eigenvalue weighted by Crippen LogP contribution is 2.34. The van der Waals surface area contributed by atoms with E-state index >= 15 is 0 Å². The monoisotopic (exact) mass is 284 g/mol. The Morgan fingerprint density at radius 2 is 2.10 bits per heavy atom. The Bertz CT molecular complexity index is 320. The summed E-state index contributed by atoms with van der Waals surface area (Å²) in [5.41, 5.74) is -0.480. The second kappa shape index (κ2) is 7.41. The van der Waals surface area contributed by atoms with E-state index in [0.29, 0.717) is 24.6 Å². The number of carbonyl (C=O) groups is 1. The highest BCUT2D eigenvalue weighted by atomic mass is 16.5. The van der Waals surface area contributed by atoms with E-state index in [1.54, 1.807) is 0 Å². The molecule has 1 rings (SSSR count). The lowest BCUT2D eigenvalue weighted by Gasteiger charge is -2.33. The number of ether oxygens (including phenoxy) is 1. The van der Waals surface area contributed by atoms with Gasteiger partial charge in [0, 0.05) is 12.1 Å². The predicted octanol–water partition coefficient (Wildman–Crippen LogP) is 2.43. The lowest BCUT2D eigenvalue weighted by molar-refractivity contribution is -0.151. The normalized spacial score (nSPS) is 28.1. The van der Waals surface area contributed by atoms with Crippen molar-refractivity contribution < 1.29 is 9.53 Å². The molecule has 0 spiro atoms. The molecular formula is C16H32N2O2. The van der Waals surface area contributed by atoms with Gasteiger partial charge >= 0.3 is 5.97 Å². The molecule has 0 bridgehead atoms. The van der Waals surface area contributed by atoms with Crippen molar-refractivity contribution >= 4 is 5.97 Å². The van der Waals surface area contributed by atoms with E-state index in [-0.39, 0.29) is 5.97 Å². The van der Waals surface area contributed by atoms with E-state index in [1.165, 1.54) is 6.42 Å². The Labute approximate surface area is 124 Å². The van der Waals surface area contributed by atoms with Crippen molar-refractivity contribution in [3.63, 3.8) is 0 Å². The average molecular weight is 284 g/mol. The minimum atomic E-state index is -0.480. The minimum Gasteiger partial charge on any atom is -0.465 e. The first-order chi connectivity index (χ1) is 9.36. The molecule has 118 valence electrons. The van der Waals surface area contributed by atoms with Gasteiger partial charge in [-0.05, 0) is 59.5 Å². The van der Waals surface area contributed by atoms with E-state index < -0.39 is 5.54 Å². The third-order valence-corrected chi connectivity index (χ3v) is 4.72. The first kappa shape index (κ1) is 17.4. The van der Waals surface area contributed by atoms with Crippen LogP contribution in [0.5, 0.6) is 0 Å². The molecule has 0 aromatic rings. The van der Waals surface area contributed by atoms with E-state index in [4.69, 9.17) is 4.74 Å². The molecule has 3 atom stereocenters. The fraction of sp³-hybridized carbons (Fsp3) is 0.938. The molecule has 1 N–H and O–H groups in total. The summed E-state index contributed by atoms with van der Waals surface area (Å²) in [5.74, 6) is 0.614. The van der Waals surface area contributed by atoms with Gasteiger partial charge < -0.3 is 15.0 Å². The van der Waals surface area contributed by atoms with Crippen molar-refractivity contribution in [2.24, 2.45) is 5.92 Å². The number of esters is 1. The number of carbonyl (C=O) groups excluding carboxylic acids is 1. The van der Waals surface area contributed by atoms with Crippen molar-refractivity contribution in [3.05, 3.63) is 0 Å². The number of nitrogens with zero attached hydrogens (tertiary/aromatic N) is 1. The van der Waals surface area contributed by atoms with E-state index in [0.717, 1.165) is 19.3 Å². The zero-order valence-corrected chi connectivity index (χ0v) is 14.0. The predicted molar refractivity (Wildman–Crippen MR) is 82.7 cm³/mol. The van der Waals surface area contributed by atoms with Crippen molar-refractivity contribution in [2.75, 3.05) is 20.7 Å². The molecular weight excluding hydrogens is 252 g/mol. The summed E-state index contributed by atoms with van der Waals surface area (Å²) in [6, 6.07) is 1.01. The van der Waals surface area contributed by atoms with Gasteiger partial charge in [0.2, 0.25) is 0 Å². The van der Waals surface area contributed by atoms with Crippen LogP contribution in [0.25, 0.3) is 0 Å². The van der Waals surface area contributed by atoms with Gasteiger partial charge in [-0.15, -0.1) is 0 Å². The molecule has 0 aromatic carbocycles. The second-order valence-electron chi connectivity index (χ2n) is 6.59. The van der Waals surface area contributed by atoms with Crippen LogP contribution >= 0.6 is 0 Å². The van der Waals surface area contributed by atoms with Crippen LogP contribution in [0.3, 0.4) is 0 Å². The van der Waals surface area contributed by atoms with Gasteiger partial charge in [-0.25, -0.2) is 0 Å². The van der Waals surface area contributed by atoms with Crippen LogP contribution in [-0.4, -0.2) is 49.2 Å². The Hall–Kier alpha value is -0.610. The average Bonchev–Trinajstić information content (AvgIpc) is 2.83. The fourth-order valence-corrected chi connectivity index (χ4v) is 3.36. The molecule has 1 aliphatic carbocycles. The molecule has 0 aliphatic heterocycles. The van der Waals surface area contributed by atoms with Gasteiger partial charge in [0.05, 0.1) is 6.61 Å². The third-order valence-electron chi connectivity index (χ3n) is 4.72. The molecule has 0 saturated heterocycles. The van der Waals surface area contributed by atoms with E-state index in [2.05, 4.69) is 38.0 Å². The van der Waals surface area contributed by atoms with Crippen LogP contribution in [0, 0.1) is 5.92 Å². The number of hydrogen-bond donors (Lipinski definition) is 1. The molecule has 0 radical (unpaired) electrons. The van der Waals surface area contributed by atoms with Crippen molar-refractivity contribution in [2.45, 2.75) is 71.0 Å². The summed E-state index contributed by atoms with van der Waals surface area (Å²) in [6.07, 6.45) is 3.96. The topological polar surface area (TPSA) is 41.6 Å². The SMILES string of the molecule is CCOC(=O)C1(NC)CCC(N(C)C(C)CC(C)C)C1. The minimum absolute atomic E-state index is 0.0880. The van der Waals surface area contributed by atoms with Gasteiger partial charge in [-0.1, -0.05) is 13.8 Å². The molecule has 0 amide bonds. The summed E-state index contributed by atoms with van der Waals surface area (Å²) in [7, 11) is 4.06. The van der Waals surface area contributed by atoms with Crippen LogP contribution in [0.1, 0.15) is 53.4 Å². The zero-order valence-electron chi connectivity index (χ0n) is 14.0. The Morgan fingerprint density at radius 3 is 2.60 bits per heavy atom. The Morgan fingerprint density at radius 1 is 1.45 bits per heavy atom. The van der Waals surface area contributed by atoms with Crippen molar-refractivity contribution in [1.29, 1.82) is 0 Å². The highest BCUT2D eigenvalue weighted by molar-refractivity contribution is 5.81. The zero-order chi connectivity index (χ0) is 15.3. The summed E-state index contributed by atoms with van der Waals surface area (Å²) < 4.78 is 5.25. The number of likely N-dealkylation sites (N-methyl/N-ethyl adjacent to an activating group) is 1. The molecule has 0 heterocycles. The van der Waals surface area contributed by atoms with E-state index in [1.807, 2.05) is 14.0 Å². The second-order valence-corrected chi connectivity index (χ2v) is 6.59. The molecule has 1 aliphatic rings. The van der Waals surface area contributed by atoms with Crippen LogP contribution in [-0.2, 0) is 9.53 Å². The van der Waals surface area contributed by atoms with E-state index in [9.17, 15) is 4.79 Å². The molecule has 4 nitrogen and oxygen atoms in total. The molecule has 1 saturated carbocycles. The maximum absolute atomic E-state index is 12.2. The number of nitrogens with one attached hydrogen (secondary N) is 1. The smallest absolute Gasteiger partial charge is 0.326 e. The highest BCUT2D eigenvalue weighted by Gasteiger charge is 2.46. The van der Waals surface area contributed by atoms with Crippen LogP contribution < -0.4 is 5.32 Å². The molecule has 4 heteroatoms. The van der Waals surface area contributed by atoms with Crippen molar-refractivity contribution in [3.8, 4) is 0 Å². The molecule has 1 fully saturated rings. The Kier molecular flexibility index (Phi) is 6.46. The summed E-state index contributed by atoms with van der Waals surface area (Å²) in [4.78, 5) is 14.7. The fourth-order valence-electron chi connectivity index (χ4n) is 3.36. The van der Waals surface area contributed by atoms with Gasteiger partial charge in [0.15, 0.2) is 0 Å². The maximum Gasteiger partial charge on any atom is 0.326 e. The summed E-state index contributed by atoms with van der Waals surface area (Å²) in [5, 5.41) is 3.23. The maximum atomic E-state index is 12.2. The number of rotatable bonds is 7. The third kappa shape index (κ3) is 3.95. The van der Waals surface area contributed by atoms with Crippen molar-refractivity contribution in [1.82, 2.24) is 10.2 Å². The standard InChI is InChI=1S/C16H32N2O2/c1-7-20-15(19)16(17-5)9-8-14(11-16)18(6)13(4)10-12(2)3/h12-14,17H,7-11H2,1-6H3. The van der Waals surface area contributed by atoms with Gasteiger partial charge in [-0.2, -0.15) is 0 Å².